The van der Waals surface area contributed by atoms with E-state index in [0.717, 1.165) is 42.9 Å². The number of carbonyl (C=O) groups is 1. The molecule has 1 saturated heterocycles. The van der Waals surface area contributed by atoms with Crippen molar-refractivity contribution >= 4 is 5.97 Å². The van der Waals surface area contributed by atoms with Crippen LogP contribution in [0.3, 0.4) is 0 Å². The van der Waals surface area contributed by atoms with Crippen LogP contribution in [-0.4, -0.2) is 49.3 Å². The van der Waals surface area contributed by atoms with Crippen molar-refractivity contribution in [3.8, 4) is 5.75 Å². The van der Waals surface area contributed by atoms with Crippen LogP contribution in [0.15, 0.2) is 12.1 Å². The van der Waals surface area contributed by atoms with Crippen LogP contribution >= 0.6 is 0 Å². The molecule has 0 aromatic heterocycles. The summed E-state index contributed by atoms with van der Waals surface area (Å²) in [6, 6.07) is 3.21. The number of nitrogens with zero attached hydrogens (tertiary/aromatic N) is 1. The van der Waals surface area contributed by atoms with Gasteiger partial charge in [0.15, 0.2) is 0 Å². The average molecular weight is 278 g/mol. The molecule has 110 valence electrons. The average Bonchev–Trinajstić information content (AvgIpc) is 2.43. The number of hydrogen-bond donors (Lipinski definition) is 2. The zero-order chi connectivity index (χ0) is 14.7. The molecule has 5 nitrogen and oxygen atoms in total. The van der Waals surface area contributed by atoms with Crippen molar-refractivity contribution in [1.29, 1.82) is 0 Å². The van der Waals surface area contributed by atoms with E-state index in [-0.39, 0.29) is 0 Å². The van der Waals surface area contributed by atoms with E-state index in [4.69, 9.17) is 4.74 Å². The van der Waals surface area contributed by atoms with E-state index in [9.17, 15) is 9.90 Å². The van der Waals surface area contributed by atoms with Gasteiger partial charge in [0, 0.05) is 31.7 Å². The molecule has 5 heteroatoms. The fraction of sp³-hybridized carbons (Fsp3) is 0.533. The number of piperazine rings is 1. The Balaban J connectivity index is 2.42. The number of benzene rings is 1. The largest absolute Gasteiger partial charge is 0.496 e. The molecule has 20 heavy (non-hydrogen) atoms. The number of hydrogen-bond acceptors (Lipinski definition) is 4. The number of aryl methyl sites for hydroxylation is 2. The summed E-state index contributed by atoms with van der Waals surface area (Å²) in [4.78, 5) is 13.7. The molecule has 2 rings (SSSR count). The molecule has 1 atom stereocenters. The van der Waals surface area contributed by atoms with Gasteiger partial charge in [-0.15, -0.1) is 0 Å². The second kappa shape index (κ2) is 6.24. The maximum atomic E-state index is 11.7. The van der Waals surface area contributed by atoms with Gasteiger partial charge in [-0.3, -0.25) is 9.69 Å². The maximum Gasteiger partial charge on any atom is 0.325 e. The number of aliphatic carboxylic acids is 1. The molecule has 0 saturated carbocycles. The number of carboxylic acids is 1. The maximum absolute atomic E-state index is 11.7. The van der Waals surface area contributed by atoms with Crippen molar-refractivity contribution in [2.75, 3.05) is 33.3 Å². The Hall–Kier alpha value is -1.59. The van der Waals surface area contributed by atoms with Crippen molar-refractivity contribution in [3.63, 3.8) is 0 Å². The number of methoxy groups -OCH3 is 1. The second-order valence-electron chi connectivity index (χ2n) is 5.21. The number of ether oxygens (including phenoxy) is 1. The molecular weight excluding hydrogens is 256 g/mol. The summed E-state index contributed by atoms with van der Waals surface area (Å²) < 4.78 is 5.40. The Morgan fingerprint density at radius 3 is 2.45 bits per heavy atom. The summed E-state index contributed by atoms with van der Waals surface area (Å²) in [5.41, 5.74) is 2.93. The van der Waals surface area contributed by atoms with Gasteiger partial charge in [-0.1, -0.05) is 0 Å². The van der Waals surface area contributed by atoms with E-state index in [1.165, 1.54) is 0 Å². The molecule has 1 aliphatic heterocycles. The van der Waals surface area contributed by atoms with Crippen LogP contribution in [0.25, 0.3) is 0 Å². The van der Waals surface area contributed by atoms with Crippen molar-refractivity contribution in [3.05, 3.63) is 28.8 Å². The number of rotatable bonds is 4. The molecule has 0 radical (unpaired) electrons. The normalized spacial score (nSPS) is 17.8. The molecular formula is C15H22N2O3. The lowest BCUT2D eigenvalue weighted by Crippen LogP contribution is -2.47. The Morgan fingerprint density at radius 1 is 1.30 bits per heavy atom. The molecule has 1 aliphatic rings. The first-order chi connectivity index (χ1) is 9.54. The molecule has 0 bridgehead atoms. The van der Waals surface area contributed by atoms with Crippen molar-refractivity contribution < 1.29 is 14.6 Å². The SMILES string of the molecule is COc1cc(C)c(C)cc1C(C(=O)O)N1CCNCC1. The molecule has 1 unspecified atom stereocenters. The molecule has 1 heterocycles. The molecule has 0 aliphatic carbocycles. The lowest BCUT2D eigenvalue weighted by Gasteiger charge is -2.33. The standard InChI is InChI=1S/C15H22N2O3/c1-10-8-12(13(20-3)9-11(10)2)14(15(18)19)17-6-4-16-5-7-17/h8-9,14,16H,4-7H2,1-3H3,(H,18,19). The second-order valence-corrected chi connectivity index (χ2v) is 5.21. The summed E-state index contributed by atoms with van der Waals surface area (Å²) in [7, 11) is 1.59. The van der Waals surface area contributed by atoms with Gasteiger partial charge in [-0.2, -0.15) is 0 Å². The fourth-order valence-corrected chi connectivity index (χ4v) is 2.63. The van der Waals surface area contributed by atoms with Gasteiger partial charge in [0.2, 0.25) is 0 Å². The van der Waals surface area contributed by atoms with Crippen LogP contribution in [0.1, 0.15) is 22.7 Å². The highest BCUT2D eigenvalue weighted by molar-refractivity contribution is 5.77. The van der Waals surface area contributed by atoms with Crippen LogP contribution in [0.4, 0.5) is 0 Å². The quantitative estimate of drug-likeness (QED) is 0.870. The van der Waals surface area contributed by atoms with E-state index in [1.54, 1.807) is 7.11 Å². The van der Waals surface area contributed by atoms with E-state index in [0.29, 0.717) is 5.75 Å². The topological polar surface area (TPSA) is 61.8 Å². The minimum atomic E-state index is -0.826. The number of carboxylic acid groups (broad SMARTS) is 1. The van der Waals surface area contributed by atoms with Crippen LogP contribution < -0.4 is 10.1 Å². The Morgan fingerprint density at radius 2 is 1.90 bits per heavy atom. The van der Waals surface area contributed by atoms with Gasteiger partial charge in [0.1, 0.15) is 11.8 Å². The highest BCUT2D eigenvalue weighted by Gasteiger charge is 2.31. The lowest BCUT2D eigenvalue weighted by molar-refractivity contribution is -0.144. The highest BCUT2D eigenvalue weighted by Crippen LogP contribution is 2.32. The molecule has 0 spiro atoms. The van der Waals surface area contributed by atoms with Crippen LogP contribution in [0.2, 0.25) is 0 Å². The molecule has 1 fully saturated rings. The molecule has 1 aromatic rings. The number of nitrogens with one attached hydrogen (secondary N) is 1. The van der Waals surface area contributed by atoms with E-state index >= 15 is 0 Å². The minimum Gasteiger partial charge on any atom is -0.496 e. The zero-order valence-corrected chi connectivity index (χ0v) is 12.3. The van der Waals surface area contributed by atoms with Crippen molar-refractivity contribution in [1.82, 2.24) is 10.2 Å². The monoisotopic (exact) mass is 278 g/mol. The first kappa shape index (κ1) is 14.8. The first-order valence-electron chi connectivity index (χ1n) is 6.87. The van der Waals surface area contributed by atoms with Gasteiger partial charge < -0.3 is 15.2 Å². The predicted molar refractivity (Wildman–Crippen MR) is 77.3 cm³/mol. The van der Waals surface area contributed by atoms with Crippen molar-refractivity contribution in [2.45, 2.75) is 19.9 Å². The minimum absolute atomic E-state index is 0.647. The van der Waals surface area contributed by atoms with Crippen LogP contribution in [0, 0.1) is 13.8 Å². The molecule has 2 N–H and O–H groups in total. The summed E-state index contributed by atoms with van der Waals surface area (Å²) in [6.45, 7) is 7.09. The van der Waals surface area contributed by atoms with E-state index in [1.807, 2.05) is 30.9 Å². The van der Waals surface area contributed by atoms with Crippen molar-refractivity contribution in [2.24, 2.45) is 0 Å². The van der Waals surface area contributed by atoms with Crippen LogP contribution in [0.5, 0.6) is 5.75 Å². The van der Waals surface area contributed by atoms with Gasteiger partial charge in [-0.25, -0.2) is 0 Å². The zero-order valence-electron chi connectivity index (χ0n) is 12.3. The van der Waals surface area contributed by atoms with Gasteiger partial charge >= 0.3 is 5.97 Å². The van der Waals surface area contributed by atoms with Crippen LogP contribution in [-0.2, 0) is 4.79 Å². The Kier molecular flexibility index (Phi) is 4.62. The van der Waals surface area contributed by atoms with Gasteiger partial charge in [0.25, 0.3) is 0 Å². The third kappa shape index (κ3) is 2.94. The Bertz CT molecular complexity index is 496. The fourth-order valence-electron chi connectivity index (χ4n) is 2.63. The summed E-state index contributed by atoms with van der Waals surface area (Å²) >= 11 is 0. The third-order valence-electron chi connectivity index (χ3n) is 3.89. The Labute approximate surface area is 119 Å². The summed E-state index contributed by atoms with van der Waals surface area (Å²) in [5, 5.41) is 12.9. The smallest absolute Gasteiger partial charge is 0.325 e. The van der Waals surface area contributed by atoms with Gasteiger partial charge in [-0.05, 0) is 37.1 Å². The molecule has 0 amide bonds. The third-order valence-corrected chi connectivity index (χ3v) is 3.89. The summed E-state index contributed by atoms with van der Waals surface area (Å²) in [6.07, 6.45) is 0. The molecule has 1 aromatic carbocycles. The highest BCUT2D eigenvalue weighted by atomic mass is 16.5. The van der Waals surface area contributed by atoms with Gasteiger partial charge in [0.05, 0.1) is 7.11 Å². The lowest BCUT2D eigenvalue weighted by atomic mass is 9.98. The van der Waals surface area contributed by atoms with E-state index in [2.05, 4.69) is 5.32 Å². The first-order valence-corrected chi connectivity index (χ1v) is 6.87. The predicted octanol–water partition coefficient (Wildman–Crippen LogP) is 1.34. The van der Waals surface area contributed by atoms with E-state index < -0.39 is 12.0 Å². The summed E-state index contributed by atoms with van der Waals surface area (Å²) in [5.74, 6) is -0.174.